The number of ether oxygens (including phenoxy) is 4. The maximum Gasteiger partial charge on any atom is 0.472 e. The number of esters is 4. The van der Waals surface area contributed by atoms with Crippen LogP contribution in [0.3, 0.4) is 0 Å². The van der Waals surface area contributed by atoms with Gasteiger partial charge in [-0.05, 0) is 31.6 Å². The predicted molar refractivity (Wildman–Crippen MR) is 400 cm³/mol. The Kier molecular flexibility index (Phi) is 70.6. The highest BCUT2D eigenvalue weighted by Crippen LogP contribution is 2.45. The fraction of sp³-hybridized carbons (Fsp3) is 0.949. The van der Waals surface area contributed by atoms with Crippen LogP contribution in [-0.2, 0) is 65.4 Å². The van der Waals surface area contributed by atoms with Crippen LogP contribution in [0.15, 0.2) is 0 Å². The van der Waals surface area contributed by atoms with Crippen LogP contribution < -0.4 is 0 Å². The summed E-state index contributed by atoms with van der Waals surface area (Å²) in [6, 6.07) is 0. The molecule has 582 valence electrons. The largest absolute Gasteiger partial charge is 0.472 e. The average molecular weight is 1440 g/mol. The molecule has 5 atom stereocenters. The Balaban J connectivity index is 5.17. The first-order valence-corrected chi connectivity index (χ1v) is 44.1. The lowest BCUT2D eigenvalue weighted by molar-refractivity contribution is -0.161. The van der Waals surface area contributed by atoms with Crippen molar-refractivity contribution in [1.29, 1.82) is 0 Å². The fourth-order valence-corrected chi connectivity index (χ4v) is 13.8. The second-order valence-corrected chi connectivity index (χ2v) is 31.8. The molecule has 0 amide bonds. The minimum absolute atomic E-state index is 0.107. The molecule has 0 aromatic heterocycles. The Morgan fingerprint density at radius 2 is 0.469 bits per heavy atom. The standard InChI is InChI=1S/C79H154O17P2/c1-6-9-12-15-18-21-23-24-25-26-27-28-29-30-31-32-37-40-45-50-55-60-65-79(84)96-75(69-90-77(82)63-58-53-48-44-39-36-34-33-35-38-42-46-51-56-61-72(4)5)71-94-98(87,88)92-67-73(80)66-91-97(85,86)93-70-74(68-89-76(81)62-57-52-47-41-20-17-14-11-8-3)95-78(83)64-59-54-49-43-22-19-16-13-10-7-2/h72-75,80H,6-71H2,1-5H3,(H,85,86)(H,87,88)/t73-,74+,75+/m0/s1. The Labute approximate surface area is 600 Å². The SMILES string of the molecule is CCCCCCCCCCCCCCCCCCCCCCCCC(=O)O[C@H](COC(=O)CCCCCCCCCCCCCCCCC(C)C)COP(=O)(O)OC[C@@H](O)COP(=O)(O)OC[C@@H](COC(=O)CCCCCCCCCCC)OC(=O)CCCCCCCCCCCC. The monoisotopic (exact) mass is 1440 g/mol. The van der Waals surface area contributed by atoms with Gasteiger partial charge in [-0.1, -0.05) is 369 Å². The molecule has 3 N–H and O–H groups in total. The van der Waals surface area contributed by atoms with E-state index in [4.69, 9.17) is 37.0 Å². The number of hydrogen-bond donors (Lipinski definition) is 3. The molecule has 0 heterocycles. The number of hydrogen-bond acceptors (Lipinski definition) is 15. The lowest BCUT2D eigenvalue weighted by Crippen LogP contribution is -2.30. The minimum atomic E-state index is -4.96. The highest BCUT2D eigenvalue weighted by molar-refractivity contribution is 7.47. The van der Waals surface area contributed by atoms with Gasteiger partial charge in [0.15, 0.2) is 12.2 Å². The first-order chi connectivity index (χ1) is 47.5. The topological polar surface area (TPSA) is 237 Å². The lowest BCUT2D eigenvalue weighted by Gasteiger charge is -2.21. The molecule has 19 heteroatoms. The van der Waals surface area contributed by atoms with E-state index in [1.165, 1.54) is 244 Å². The number of phosphoric acid groups is 2. The number of rotatable bonds is 79. The Hall–Kier alpha value is -1.94. The molecule has 0 saturated heterocycles. The van der Waals surface area contributed by atoms with Gasteiger partial charge in [0.25, 0.3) is 0 Å². The van der Waals surface area contributed by atoms with Gasteiger partial charge in [-0.15, -0.1) is 0 Å². The lowest BCUT2D eigenvalue weighted by atomic mass is 10.0. The average Bonchev–Trinajstić information content (AvgIpc) is 0.961. The Morgan fingerprint density at radius 1 is 0.276 bits per heavy atom. The highest BCUT2D eigenvalue weighted by atomic mass is 31.2. The van der Waals surface area contributed by atoms with Crippen LogP contribution in [0.25, 0.3) is 0 Å². The molecule has 0 rings (SSSR count). The van der Waals surface area contributed by atoms with E-state index in [2.05, 4.69) is 34.6 Å². The van der Waals surface area contributed by atoms with Crippen LogP contribution in [0.1, 0.15) is 420 Å². The molecular formula is C79H154O17P2. The van der Waals surface area contributed by atoms with E-state index in [9.17, 15) is 43.2 Å². The number of phosphoric ester groups is 2. The van der Waals surface area contributed by atoms with Crippen molar-refractivity contribution in [3.05, 3.63) is 0 Å². The van der Waals surface area contributed by atoms with Crippen molar-refractivity contribution in [2.75, 3.05) is 39.6 Å². The second-order valence-electron chi connectivity index (χ2n) is 28.9. The normalized spacial score (nSPS) is 13.9. The van der Waals surface area contributed by atoms with Crippen molar-refractivity contribution in [2.24, 2.45) is 5.92 Å². The van der Waals surface area contributed by atoms with Crippen molar-refractivity contribution < 1.29 is 80.2 Å². The number of unbranched alkanes of at least 4 members (excludes halogenated alkanes) is 51. The number of carbonyl (C=O) groups is 4. The first-order valence-electron chi connectivity index (χ1n) is 41.1. The van der Waals surface area contributed by atoms with Gasteiger partial charge in [0.1, 0.15) is 19.3 Å². The summed E-state index contributed by atoms with van der Waals surface area (Å²) in [5, 5.41) is 10.6. The van der Waals surface area contributed by atoms with Gasteiger partial charge in [-0.2, -0.15) is 0 Å². The first kappa shape index (κ1) is 96.1. The van der Waals surface area contributed by atoms with Crippen molar-refractivity contribution in [3.63, 3.8) is 0 Å². The third-order valence-corrected chi connectivity index (χ3v) is 20.4. The summed E-state index contributed by atoms with van der Waals surface area (Å²) < 4.78 is 68.5. The Bertz CT molecular complexity index is 1870. The third-order valence-electron chi connectivity index (χ3n) is 18.5. The molecule has 0 saturated carbocycles. The highest BCUT2D eigenvalue weighted by Gasteiger charge is 2.30. The number of carbonyl (C=O) groups excluding carboxylic acids is 4. The van der Waals surface area contributed by atoms with E-state index in [1.807, 2.05) is 0 Å². The summed E-state index contributed by atoms with van der Waals surface area (Å²) in [4.78, 5) is 72.8. The van der Waals surface area contributed by atoms with Crippen molar-refractivity contribution >= 4 is 39.5 Å². The molecule has 0 aromatic rings. The zero-order valence-corrected chi connectivity index (χ0v) is 65.7. The maximum atomic E-state index is 13.1. The minimum Gasteiger partial charge on any atom is -0.462 e. The Morgan fingerprint density at radius 3 is 0.694 bits per heavy atom. The second kappa shape index (κ2) is 72.0. The zero-order chi connectivity index (χ0) is 71.9. The molecule has 0 aliphatic heterocycles. The van der Waals surface area contributed by atoms with Crippen molar-refractivity contribution in [1.82, 2.24) is 0 Å². The molecule has 0 fully saturated rings. The van der Waals surface area contributed by atoms with E-state index >= 15 is 0 Å². The predicted octanol–water partition coefficient (Wildman–Crippen LogP) is 23.6. The van der Waals surface area contributed by atoms with Gasteiger partial charge in [0.2, 0.25) is 0 Å². The summed E-state index contributed by atoms with van der Waals surface area (Å²) in [6.07, 6.45) is 62.6. The van der Waals surface area contributed by atoms with E-state index in [0.29, 0.717) is 25.7 Å². The molecule has 17 nitrogen and oxygen atoms in total. The van der Waals surface area contributed by atoms with Crippen LogP contribution in [0.5, 0.6) is 0 Å². The van der Waals surface area contributed by atoms with Gasteiger partial charge in [-0.3, -0.25) is 37.3 Å². The van der Waals surface area contributed by atoms with Gasteiger partial charge < -0.3 is 33.8 Å². The molecular weight excluding hydrogens is 1280 g/mol. The molecule has 0 bridgehead atoms. The van der Waals surface area contributed by atoms with E-state index in [1.54, 1.807) is 0 Å². The third kappa shape index (κ3) is 72.4. The van der Waals surface area contributed by atoms with Gasteiger partial charge in [0.05, 0.1) is 26.4 Å². The smallest absolute Gasteiger partial charge is 0.462 e. The summed E-state index contributed by atoms with van der Waals surface area (Å²) >= 11 is 0. The quantitative estimate of drug-likeness (QED) is 0.0222. The van der Waals surface area contributed by atoms with Crippen molar-refractivity contribution in [2.45, 2.75) is 438 Å². The molecule has 0 aliphatic rings. The van der Waals surface area contributed by atoms with Crippen molar-refractivity contribution in [3.8, 4) is 0 Å². The van der Waals surface area contributed by atoms with Crippen LogP contribution in [0.4, 0.5) is 0 Å². The molecule has 0 spiro atoms. The number of aliphatic hydroxyl groups excluding tert-OH is 1. The summed E-state index contributed by atoms with van der Waals surface area (Å²) in [6.45, 7) is 7.30. The fourth-order valence-electron chi connectivity index (χ4n) is 12.2. The van der Waals surface area contributed by atoms with Crippen LogP contribution >= 0.6 is 15.6 Å². The maximum absolute atomic E-state index is 13.1. The van der Waals surface area contributed by atoms with Crippen LogP contribution in [0, 0.1) is 5.92 Å². The number of aliphatic hydroxyl groups is 1. The van der Waals surface area contributed by atoms with E-state index in [0.717, 1.165) is 95.8 Å². The van der Waals surface area contributed by atoms with Crippen LogP contribution in [0.2, 0.25) is 0 Å². The summed E-state index contributed by atoms with van der Waals surface area (Å²) in [5.41, 5.74) is 0. The van der Waals surface area contributed by atoms with Crippen LogP contribution in [-0.4, -0.2) is 96.7 Å². The molecule has 0 aromatic carbocycles. The molecule has 98 heavy (non-hydrogen) atoms. The van der Waals surface area contributed by atoms with Gasteiger partial charge in [0, 0.05) is 25.7 Å². The van der Waals surface area contributed by atoms with Gasteiger partial charge >= 0.3 is 39.5 Å². The molecule has 0 aliphatic carbocycles. The van der Waals surface area contributed by atoms with E-state index < -0.39 is 97.5 Å². The molecule has 2 unspecified atom stereocenters. The van der Waals surface area contributed by atoms with Gasteiger partial charge in [-0.25, -0.2) is 9.13 Å². The zero-order valence-electron chi connectivity index (χ0n) is 63.9. The summed E-state index contributed by atoms with van der Waals surface area (Å²) in [7, 11) is -9.91. The van der Waals surface area contributed by atoms with E-state index in [-0.39, 0.29) is 25.7 Å². The molecule has 0 radical (unpaired) electrons. The summed E-state index contributed by atoms with van der Waals surface area (Å²) in [5.74, 6) is -1.31.